The van der Waals surface area contributed by atoms with E-state index in [4.69, 9.17) is 4.52 Å². The number of nitrogens with one attached hydrogen (secondary N) is 1. The summed E-state index contributed by atoms with van der Waals surface area (Å²) in [4.78, 5) is 26.5. The van der Waals surface area contributed by atoms with E-state index >= 15 is 0 Å². The van der Waals surface area contributed by atoms with E-state index in [1.165, 1.54) is 11.1 Å². The van der Waals surface area contributed by atoms with E-state index in [2.05, 4.69) is 20.5 Å². The summed E-state index contributed by atoms with van der Waals surface area (Å²) < 4.78 is 6.34. The molecule has 1 aliphatic rings. The number of hydrogen-bond acceptors (Lipinski definition) is 6. The van der Waals surface area contributed by atoms with E-state index < -0.39 is 0 Å². The summed E-state index contributed by atoms with van der Waals surface area (Å²) in [5.74, 6) is 0.609. The Kier molecular flexibility index (Phi) is 6.26. The van der Waals surface area contributed by atoms with Crippen LogP contribution in [0.15, 0.2) is 21.6 Å². The molecule has 27 heavy (non-hydrogen) atoms. The van der Waals surface area contributed by atoms with E-state index in [1.807, 2.05) is 13.8 Å². The number of anilines is 1. The van der Waals surface area contributed by atoms with Crippen LogP contribution in [0.2, 0.25) is 0 Å². The first-order chi connectivity index (χ1) is 13.0. The average molecular weight is 373 g/mol. The number of carbonyl (C=O) groups excluding carboxylic acids is 1. The van der Waals surface area contributed by atoms with Gasteiger partial charge in [0.05, 0.1) is 17.6 Å². The van der Waals surface area contributed by atoms with E-state index in [-0.39, 0.29) is 18.0 Å². The quantitative estimate of drug-likeness (QED) is 0.741. The molecule has 1 N–H and O–H groups in total. The van der Waals surface area contributed by atoms with Crippen LogP contribution in [-0.2, 0) is 17.8 Å². The number of rotatable bonds is 7. The molecular weight excluding hydrogens is 346 g/mol. The molecule has 1 fully saturated rings. The van der Waals surface area contributed by atoms with E-state index in [0.29, 0.717) is 6.54 Å². The second-order valence-corrected chi connectivity index (χ2v) is 7.01. The smallest absolute Gasteiger partial charge is 0.269 e. The first kappa shape index (κ1) is 19.1. The summed E-state index contributed by atoms with van der Waals surface area (Å²) in [6.45, 7) is 6.18. The molecule has 0 unspecified atom stereocenters. The zero-order valence-electron chi connectivity index (χ0n) is 16.0. The maximum Gasteiger partial charge on any atom is 0.269 e. The maximum atomic E-state index is 12.3. The minimum Gasteiger partial charge on any atom is -0.370 e. The number of piperidine rings is 1. The Hall–Kier alpha value is -2.64. The van der Waals surface area contributed by atoms with Crippen molar-refractivity contribution < 1.29 is 9.32 Å². The molecule has 1 aliphatic heterocycles. The van der Waals surface area contributed by atoms with Crippen LogP contribution in [0.1, 0.15) is 42.7 Å². The Morgan fingerprint density at radius 1 is 1.26 bits per heavy atom. The maximum absolute atomic E-state index is 12.3. The fourth-order valence-corrected chi connectivity index (χ4v) is 3.41. The van der Waals surface area contributed by atoms with Gasteiger partial charge in [-0.05, 0) is 46.0 Å². The number of aromatic nitrogens is 3. The fourth-order valence-electron chi connectivity index (χ4n) is 3.41. The third kappa shape index (κ3) is 4.96. The molecule has 2 aromatic rings. The highest BCUT2D eigenvalue weighted by Crippen LogP contribution is 2.16. The third-order valence-electron chi connectivity index (χ3n) is 4.98. The van der Waals surface area contributed by atoms with Gasteiger partial charge in [0.1, 0.15) is 12.3 Å². The van der Waals surface area contributed by atoms with Crippen LogP contribution in [0.4, 0.5) is 5.69 Å². The highest BCUT2D eigenvalue weighted by Gasteiger charge is 2.13. The molecule has 8 nitrogen and oxygen atoms in total. The van der Waals surface area contributed by atoms with Crippen LogP contribution in [0.5, 0.6) is 0 Å². The second kappa shape index (κ2) is 8.83. The molecule has 0 aromatic carbocycles. The van der Waals surface area contributed by atoms with Crippen molar-refractivity contribution in [2.24, 2.45) is 0 Å². The fraction of sp³-hybridized carbons (Fsp3) is 0.579. The summed E-state index contributed by atoms with van der Waals surface area (Å²) in [5.41, 5.74) is 2.58. The van der Waals surface area contributed by atoms with Gasteiger partial charge >= 0.3 is 0 Å². The van der Waals surface area contributed by atoms with Gasteiger partial charge in [0.15, 0.2) is 0 Å². The largest absolute Gasteiger partial charge is 0.370 e. The van der Waals surface area contributed by atoms with Gasteiger partial charge in [0.2, 0.25) is 5.91 Å². The van der Waals surface area contributed by atoms with Gasteiger partial charge < -0.3 is 14.7 Å². The molecule has 146 valence electrons. The molecule has 2 aromatic heterocycles. The Morgan fingerprint density at radius 2 is 2.04 bits per heavy atom. The SMILES string of the molecule is Cc1noc(C)c1CCCNC(=O)Cn1ncc(N2CCCCC2)cc1=O. The molecule has 0 radical (unpaired) electrons. The van der Waals surface area contributed by atoms with Gasteiger partial charge in [-0.25, -0.2) is 4.68 Å². The lowest BCUT2D eigenvalue weighted by Crippen LogP contribution is -2.35. The van der Waals surface area contributed by atoms with Crippen molar-refractivity contribution in [1.82, 2.24) is 20.3 Å². The number of hydrogen-bond donors (Lipinski definition) is 1. The predicted molar refractivity (Wildman–Crippen MR) is 102 cm³/mol. The molecule has 0 saturated carbocycles. The van der Waals surface area contributed by atoms with Gasteiger partial charge in [-0.1, -0.05) is 5.16 Å². The summed E-state index contributed by atoms with van der Waals surface area (Å²) in [5, 5.41) is 10.9. The standard InChI is InChI=1S/C19H27N5O3/c1-14-17(15(2)27-22-14)7-6-8-20-18(25)13-24-19(26)11-16(12-21-24)23-9-4-3-5-10-23/h11-12H,3-10,13H2,1-2H3,(H,20,25). The van der Waals surface area contributed by atoms with E-state index in [0.717, 1.165) is 61.5 Å². The molecule has 0 spiro atoms. The van der Waals surface area contributed by atoms with Crippen LogP contribution in [0.3, 0.4) is 0 Å². The molecular formula is C19H27N5O3. The number of amides is 1. The van der Waals surface area contributed by atoms with Crippen molar-refractivity contribution in [1.29, 1.82) is 0 Å². The Bertz CT molecular complexity index is 817. The summed E-state index contributed by atoms with van der Waals surface area (Å²) in [6.07, 6.45) is 6.77. The predicted octanol–water partition coefficient (Wildman–Crippen LogP) is 1.59. The molecule has 0 atom stereocenters. The van der Waals surface area contributed by atoms with Gasteiger partial charge in [0.25, 0.3) is 5.56 Å². The summed E-state index contributed by atoms with van der Waals surface area (Å²) >= 11 is 0. The van der Waals surface area contributed by atoms with Crippen molar-refractivity contribution in [3.63, 3.8) is 0 Å². The Balaban J connectivity index is 1.47. The topological polar surface area (TPSA) is 93.3 Å². The normalized spacial score (nSPS) is 14.4. The molecule has 0 aliphatic carbocycles. The van der Waals surface area contributed by atoms with Crippen molar-refractivity contribution in [3.05, 3.63) is 39.6 Å². The van der Waals surface area contributed by atoms with Crippen molar-refractivity contribution in [3.8, 4) is 0 Å². The van der Waals surface area contributed by atoms with Crippen LogP contribution in [0, 0.1) is 13.8 Å². The van der Waals surface area contributed by atoms with Crippen LogP contribution >= 0.6 is 0 Å². The first-order valence-corrected chi connectivity index (χ1v) is 9.55. The monoisotopic (exact) mass is 373 g/mol. The molecule has 3 rings (SSSR count). The molecule has 1 amide bonds. The van der Waals surface area contributed by atoms with Crippen molar-refractivity contribution in [2.75, 3.05) is 24.5 Å². The minimum absolute atomic E-state index is 0.0650. The Morgan fingerprint density at radius 3 is 2.70 bits per heavy atom. The molecule has 1 saturated heterocycles. The number of aryl methyl sites for hydroxylation is 2. The zero-order valence-corrected chi connectivity index (χ0v) is 16.0. The summed E-state index contributed by atoms with van der Waals surface area (Å²) in [6, 6.07) is 1.57. The lowest BCUT2D eigenvalue weighted by atomic mass is 10.1. The van der Waals surface area contributed by atoms with Gasteiger partial charge in [-0.3, -0.25) is 9.59 Å². The average Bonchev–Trinajstić information content (AvgIpc) is 2.99. The van der Waals surface area contributed by atoms with Crippen molar-refractivity contribution >= 4 is 11.6 Å². The molecule has 3 heterocycles. The van der Waals surface area contributed by atoms with E-state index in [9.17, 15) is 9.59 Å². The van der Waals surface area contributed by atoms with Crippen LogP contribution in [0.25, 0.3) is 0 Å². The lowest BCUT2D eigenvalue weighted by Gasteiger charge is -2.28. The molecule has 8 heteroatoms. The van der Waals surface area contributed by atoms with E-state index in [1.54, 1.807) is 12.3 Å². The van der Waals surface area contributed by atoms with Gasteiger partial charge in [0, 0.05) is 31.3 Å². The number of nitrogens with zero attached hydrogens (tertiary/aromatic N) is 4. The highest BCUT2D eigenvalue weighted by atomic mass is 16.5. The molecule has 0 bridgehead atoms. The zero-order chi connectivity index (χ0) is 19.2. The number of carbonyl (C=O) groups is 1. The minimum atomic E-state index is -0.246. The van der Waals surface area contributed by atoms with Crippen LogP contribution in [-0.4, -0.2) is 40.5 Å². The Labute approximate surface area is 158 Å². The van der Waals surface area contributed by atoms with Crippen molar-refractivity contribution in [2.45, 2.75) is 52.5 Å². The van der Waals surface area contributed by atoms with Gasteiger partial charge in [-0.15, -0.1) is 0 Å². The first-order valence-electron chi connectivity index (χ1n) is 9.55. The lowest BCUT2D eigenvalue weighted by molar-refractivity contribution is -0.121. The van der Waals surface area contributed by atoms with Crippen LogP contribution < -0.4 is 15.8 Å². The summed E-state index contributed by atoms with van der Waals surface area (Å²) in [7, 11) is 0. The van der Waals surface area contributed by atoms with Gasteiger partial charge in [-0.2, -0.15) is 5.10 Å². The highest BCUT2D eigenvalue weighted by molar-refractivity contribution is 5.75. The second-order valence-electron chi connectivity index (χ2n) is 7.01. The third-order valence-corrected chi connectivity index (χ3v) is 4.98.